The molecule has 178 valence electrons. The normalized spacial score (nSPS) is 11.4. The van der Waals surface area contributed by atoms with Crippen LogP contribution >= 0.6 is 0 Å². The summed E-state index contributed by atoms with van der Waals surface area (Å²) in [6.07, 6.45) is 6.81. The molecule has 0 unspecified atom stereocenters. The summed E-state index contributed by atoms with van der Waals surface area (Å²) in [5.74, 6) is 0.471. The third-order valence-corrected chi connectivity index (χ3v) is 6.16. The molecule has 2 heterocycles. The Morgan fingerprint density at radius 3 is 2.44 bits per heavy atom. The molecule has 2 aromatic heterocycles. The van der Waals surface area contributed by atoms with Crippen LogP contribution in [0.2, 0.25) is 0 Å². The van der Waals surface area contributed by atoms with E-state index in [0.29, 0.717) is 12.3 Å². The number of allylic oxidation sites excluding steroid dienone is 1. The number of aromatic nitrogens is 1. The predicted molar refractivity (Wildman–Crippen MR) is 143 cm³/mol. The Kier molecular flexibility index (Phi) is 6.63. The van der Waals surface area contributed by atoms with Gasteiger partial charge in [-0.3, -0.25) is 9.78 Å². The molecule has 0 saturated heterocycles. The van der Waals surface area contributed by atoms with Crippen molar-refractivity contribution in [2.75, 3.05) is 7.11 Å². The van der Waals surface area contributed by atoms with Crippen LogP contribution in [0.3, 0.4) is 0 Å². The Morgan fingerprint density at radius 1 is 0.972 bits per heavy atom. The summed E-state index contributed by atoms with van der Waals surface area (Å²) >= 11 is 0. The highest BCUT2D eigenvalue weighted by atomic mass is 16.5. The number of carbonyl (C=O) groups is 1. The maximum absolute atomic E-state index is 12.6. The maximum atomic E-state index is 12.6. The first-order chi connectivity index (χ1) is 17.6. The van der Waals surface area contributed by atoms with Gasteiger partial charge >= 0.3 is 0 Å². The van der Waals surface area contributed by atoms with Crippen LogP contribution in [0.25, 0.3) is 38.8 Å². The van der Waals surface area contributed by atoms with E-state index in [2.05, 4.69) is 46.7 Å². The average Bonchev–Trinajstić information content (AvgIpc) is 3.35. The van der Waals surface area contributed by atoms with Crippen LogP contribution in [0.1, 0.15) is 18.1 Å². The molecule has 0 spiro atoms. The highest BCUT2D eigenvalue weighted by molar-refractivity contribution is 6.00. The lowest BCUT2D eigenvalue weighted by Gasteiger charge is -2.10. The fourth-order valence-electron chi connectivity index (χ4n) is 4.25. The van der Waals surface area contributed by atoms with Crippen molar-refractivity contribution < 1.29 is 13.9 Å². The first-order valence-corrected chi connectivity index (χ1v) is 11.7. The Labute approximate surface area is 210 Å². The lowest BCUT2D eigenvalue weighted by atomic mass is 9.97. The number of furan rings is 1. The van der Waals surface area contributed by atoms with E-state index < -0.39 is 0 Å². The number of methoxy groups -OCH3 is 1. The molecule has 1 N–H and O–H groups in total. The molecule has 0 aliphatic heterocycles. The Balaban J connectivity index is 1.43. The van der Waals surface area contributed by atoms with Gasteiger partial charge in [-0.15, -0.1) is 0 Å². The fraction of sp³-hybridized carbons (Fsp3) is 0.0968. The van der Waals surface area contributed by atoms with Crippen LogP contribution in [0.5, 0.6) is 5.75 Å². The quantitative estimate of drug-likeness (QED) is 0.261. The van der Waals surface area contributed by atoms with Gasteiger partial charge in [-0.05, 0) is 46.9 Å². The fourth-order valence-corrected chi connectivity index (χ4v) is 4.25. The minimum Gasteiger partial charge on any atom is -0.496 e. The van der Waals surface area contributed by atoms with E-state index >= 15 is 0 Å². The van der Waals surface area contributed by atoms with Crippen LogP contribution in [0, 0.1) is 0 Å². The van der Waals surface area contributed by atoms with Crippen LogP contribution < -0.4 is 10.1 Å². The lowest BCUT2D eigenvalue weighted by Crippen LogP contribution is -2.20. The average molecular weight is 475 g/mol. The van der Waals surface area contributed by atoms with Gasteiger partial charge in [0.05, 0.1) is 13.4 Å². The molecule has 5 heteroatoms. The van der Waals surface area contributed by atoms with Crippen molar-refractivity contribution >= 4 is 22.4 Å². The number of hydrogen-bond acceptors (Lipinski definition) is 4. The van der Waals surface area contributed by atoms with E-state index in [9.17, 15) is 4.79 Å². The third-order valence-electron chi connectivity index (χ3n) is 6.16. The van der Waals surface area contributed by atoms with Crippen molar-refractivity contribution in [3.8, 4) is 28.0 Å². The third kappa shape index (κ3) is 4.91. The Bertz CT molecular complexity index is 1520. The number of nitrogens with one attached hydrogen (secondary N) is 1. The number of ether oxygens (including phenoxy) is 1. The van der Waals surface area contributed by atoms with Crippen molar-refractivity contribution in [2.24, 2.45) is 0 Å². The summed E-state index contributed by atoms with van der Waals surface area (Å²) in [7, 11) is 1.62. The number of nitrogens with zero attached hydrogens (tertiary/aromatic N) is 1. The van der Waals surface area contributed by atoms with Crippen LogP contribution in [0.15, 0.2) is 108 Å². The molecule has 0 fully saturated rings. The number of pyridine rings is 1. The molecule has 0 aliphatic rings. The second kappa shape index (κ2) is 10.3. The zero-order chi connectivity index (χ0) is 24.9. The van der Waals surface area contributed by atoms with Gasteiger partial charge in [0.2, 0.25) is 5.91 Å². The molecule has 5 nitrogen and oxygen atoms in total. The van der Waals surface area contributed by atoms with E-state index in [1.54, 1.807) is 31.8 Å². The predicted octanol–water partition coefficient (Wildman–Crippen LogP) is 6.89. The molecule has 5 rings (SSSR count). The second-order valence-electron chi connectivity index (χ2n) is 8.55. The van der Waals surface area contributed by atoms with Gasteiger partial charge in [0.25, 0.3) is 0 Å². The largest absolute Gasteiger partial charge is 0.496 e. The molecule has 0 bridgehead atoms. The van der Waals surface area contributed by atoms with Crippen molar-refractivity contribution in [1.29, 1.82) is 0 Å². The summed E-state index contributed by atoms with van der Waals surface area (Å²) in [6.45, 7) is 2.32. The zero-order valence-corrected chi connectivity index (χ0v) is 20.2. The molecule has 0 aliphatic carbocycles. The number of benzene rings is 3. The van der Waals surface area contributed by atoms with Gasteiger partial charge < -0.3 is 14.5 Å². The van der Waals surface area contributed by atoms with E-state index in [-0.39, 0.29) is 5.91 Å². The van der Waals surface area contributed by atoms with Gasteiger partial charge in [0, 0.05) is 47.6 Å². The summed E-state index contributed by atoms with van der Waals surface area (Å²) in [5, 5.41) is 3.87. The second-order valence-corrected chi connectivity index (χ2v) is 8.55. The number of carbonyl (C=O) groups excluding carboxylic acids is 1. The molecule has 0 saturated carbocycles. The van der Waals surface area contributed by atoms with Crippen LogP contribution in [0.4, 0.5) is 0 Å². The number of hydrogen-bond donors (Lipinski definition) is 1. The molecule has 5 aromatic rings. The topological polar surface area (TPSA) is 64.4 Å². The smallest absolute Gasteiger partial charge is 0.244 e. The molecular weight excluding hydrogens is 448 g/mol. The number of rotatable bonds is 7. The van der Waals surface area contributed by atoms with Crippen molar-refractivity contribution in [2.45, 2.75) is 13.5 Å². The Morgan fingerprint density at radius 2 is 1.72 bits per heavy atom. The van der Waals surface area contributed by atoms with E-state index in [1.807, 2.05) is 49.4 Å². The van der Waals surface area contributed by atoms with E-state index in [0.717, 1.165) is 44.4 Å². The van der Waals surface area contributed by atoms with E-state index in [4.69, 9.17) is 9.15 Å². The van der Waals surface area contributed by atoms with Crippen molar-refractivity contribution in [3.05, 3.63) is 115 Å². The van der Waals surface area contributed by atoms with Gasteiger partial charge in [-0.1, -0.05) is 60.7 Å². The zero-order valence-electron chi connectivity index (χ0n) is 20.2. The van der Waals surface area contributed by atoms with Gasteiger partial charge in [-0.2, -0.15) is 0 Å². The minimum absolute atomic E-state index is 0.178. The number of amides is 1. The summed E-state index contributed by atoms with van der Waals surface area (Å²) in [4.78, 5) is 16.7. The molecular formula is C31H26N2O3. The lowest BCUT2D eigenvalue weighted by molar-refractivity contribution is -0.116. The molecule has 3 aromatic carbocycles. The Hall–Kier alpha value is -4.64. The number of fused-ring (bicyclic) bond motifs is 1. The maximum Gasteiger partial charge on any atom is 0.244 e. The van der Waals surface area contributed by atoms with Crippen LogP contribution in [-0.2, 0) is 11.3 Å². The molecule has 36 heavy (non-hydrogen) atoms. The van der Waals surface area contributed by atoms with Crippen molar-refractivity contribution in [1.82, 2.24) is 10.3 Å². The SMILES string of the molecule is COc1cc2occ(-c3ccc(-c4ccccc4)cc3)c2cc1/C(C)=C/C(=O)NCc1cccnc1. The summed E-state index contributed by atoms with van der Waals surface area (Å²) < 4.78 is 11.5. The minimum atomic E-state index is -0.178. The summed E-state index contributed by atoms with van der Waals surface area (Å²) in [5.41, 5.74) is 7.68. The van der Waals surface area contributed by atoms with Crippen molar-refractivity contribution in [3.63, 3.8) is 0 Å². The highest BCUT2D eigenvalue weighted by Gasteiger charge is 2.15. The van der Waals surface area contributed by atoms with Gasteiger partial charge in [0.1, 0.15) is 11.3 Å². The van der Waals surface area contributed by atoms with Gasteiger partial charge in [-0.25, -0.2) is 0 Å². The van der Waals surface area contributed by atoms with Crippen LogP contribution in [-0.4, -0.2) is 18.0 Å². The molecule has 0 atom stereocenters. The summed E-state index contributed by atoms with van der Waals surface area (Å²) in [6, 6.07) is 26.4. The van der Waals surface area contributed by atoms with E-state index in [1.165, 1.54) is 5.56 Å². The van der Waals surface area contributed by atoms with Gasteiger partial charge in [0.15, 0.2) is 0 Å². The first kappa shape index (κ1) is 23.1. The first-order valence-electron chi connectivity index (χ1n) is 11.7. The standard InChI is InChI=1S/C31H26N2O3/c1-21(15-31(34)33-19-22-7-6-14-32-18-22)26-16-27-28(20-36-30(27)17-29(26)35-2)25-12-10-24(11-13-25)23-8-4-3-5-9-23/h3-18,20H,19H2,1-2H3,(H,33,34)/b21-15+. The molecule has 0 radical (unpaired) electrons. The molecule has 1 amide bonds. The highest BCUT2D eigenvalue weighted by Crippen LogP contribution is 2.37. The monoisotopic (exact) mass is 474 g/mol.